The molecule has 0 N–H and O–H groups in total. The molecule has 4 aromatic heterocycles. The van der Waals surface area contributed by atoms with Crippen LogP contribution in [-0.4, -0.2) is 59.5 Å². The molecule has 0 radical (unpaired) electrons. The summed E-state index contributed by atoms with van der Waals surface area (Å²) in [6.07, 6.45) is 3.46. The van der Waals surface area contributed by atoms with E-state index in [1.807, 2.05) is 36.4 Å². The highest BCUT2D eigenvalue weighted by atomic mass is 16.2. The van der Waals surface area contributed by atoms with Gasteiger partial charge in [-0.2, -0.15) is 4.68 Å². The lowest BCUT2D eigenvalue weighted by atomic mass is 10.3. The fraction of sp³-hybridized carbons (Fsp3) is 0.300. The molecule has 0 aromatic carbocycles. The molecule has 0 saturated carbocycles. The Labute approximate surface area is 166 Å². The molecule has 1 aliphatic rings. The van der Waals surface area contributed by atoms with Gasteiger partial charge in [0, 0.05) is 51.2 Å². The third-order valence-corrected chi connectivity index (χ3v) is 5.30. The number of piperazine rings is 1. The predicted molar refractivity (Wildman–Crippen MR) is 108 cm³/mol. The Kier molecular flexibility index (Phi) is 4.45. The van der Waals surface area contributed by atoms with Gasteiger partial charge < -0.3 is 0 Å². The molecule has 1 saturated heterocycles. The van der Waals surface area contributed by atoms with Crippen molar-refractivity contribution in [2.24, 2.45) is 0 Å². The van der Waals surface area contributed by atoms with Gasteiger partial charge in [-0.25, -0.2) is 9.78 Å². The van der Waals surface area contributed by atoms with E-state index in [2.05, 4.69) is 19.9 Å². The van der Waals surface area contributed by atoms with Gasteiger partial charge in [-0.3, -0.25) is 23.4 Å². The summed E-state index contributed by atoms with van der Waals surface area (Å²) in [5.74, 6) is 0. The summed E-state index contributed by atoms with van der Waals surface area (Å²) in [6.45, 7) is 4.46. The van der Waals surface area contributed by atoms with Gasteiger partial charge >= 0.3 is 5.69 Å². The van der Waals surface area contributed by atoms with E-state index in [0.717, 1.165) is 31.9 Å². The molecule has 0 atom stereocenters. The predicted octanol–water partition coefficient (Wildman–Crippen LogP) is 0.279. The Morgan fingerprint density at radius 3 is 2.28 bits per heavy atom. The lowest BCUT2D eigenvalue weighted by Crippen LogP contribution is -2.47. The van der Waals surface area contributed by atoms with Gasteiger partial charge in [-0.05, 0) is 24.3 Å². The molecule has 0 unspecified atom stereocenters. The average Bonchev–Trinajstić information content (AvgIpc) is 3.05. The highest BCUT2D eigenvalue weighted by Crippen LogP contribution is 2.08. The normalized spacial score (nSPS) is 16.0. The zero-order chi connectivity index (χ0) is 19.8. The van der Waals surface area contributed by atoms with E-state index in [-0.39, 0.29) is 11.2 Å². The Balaban J connectivity index is 1.24. The van der Waals surface area contributed by atoms with E-state index in [1.165, 1.54) is 4.68 Å². The maximum absolute atomic E-state index is 12.4. The van der Waals surface area contributed by atoms with Crippen molar-refractivity contribution in [2.45, 2.75) is 13.2 Å². The molecule has 0 spiro atoms. The lowest BCUT2D eigenvalue weighted by Gasteiger charge is -2.34. The Morgan fingerprint density at radius 1 is 0.828 bits per heavy atom. The molecule has 1 fully saturated rings. The number of nitrogens with zero attached hydrogens (tertiary/aromatic N) is 7. The van der Waals surface area contributed by atoms with Gasteiger partial charge in [0.1, 0.15) is 5.65 Å². The first-order chi connectivity index (χ1) is 14.2. The quantitative estimate of drug-likeness (QED) is 0.497. The van der Waals surface area contributed by atoms with Crippen LogP contribution in [0.2, 0.25) is 0 Å². The second kappa shape index (κ2) is 7.26. The molecule has 5 rings (SSSR count). The second-order valence-electron chi connectivity index (χ2n) is 7.26. The number of hydrogen-bond donors (Lipinski definition) is 0. The van der Waals surface area contributed by atoms with Crippen molar-refractivity contribution in [1.29, 1.82) is 0 Å². The van der Waals surface area contributed by atoms with Crippen molar-refractivity contribution in [3.63, 3.8) is 0 Å². The van der Waals surface area contributed by atoms with Crippen molar-refractivity contribution < 1.29 is 0 Å². The van der Waals surface area contributed by atoms with Crippen molar-refractivity contribution in [3.8, 4) is 0 Å². The van der Waals surface area contributed by atoms with Crippen molar-refractivity contribution in [2.75, 3.05) is 26.2 Å². The molecule has 5 heterocycles. The average molecular weight is 391 g/mol. The van der Waals surface area contributed by atoms with Gasteiger partial charge in [0.2, 0.25) is 0 Å². The van der Waals surface area contributed by atoms with Gasteiger partial charge in [0.25, 0.3) is 5.56 Å². The van der Waals surface area contributed by atoms with Crippen molar-refractivity contribution in [1.82, 2.24) is 33.4 Å². The smallest absolute Gasteiger partial charge is 0.295 e. The number of aromatic nitrogens is 5. The van der Waals surface area contributed by atoms with Crippen LogP contribution in [0.1, 0.15) is 5.69 Å². The largest absolute Gasteiger partial charge is 0.351 e. The fourth-order valence-corrected chi connectivity index (χ4v) is 3.75. The lowest BCUT2D eigenvalue weighted by molar-refractivity contribution is 0.0968. The minimum Gasteiger partial charge on any atom is -0.295 e. The molecule has 9 heteroatoms. The summed E-state index contributed by atoms with van der Waals surface area (Å²) in [5.41, 5.74) is 1.93. The summed E-state index contributed by atoms with van der Waals surface area (Å²) in [7, 11) is 0. The summed E-state index contributed by atoms with van der Waals surface area (Å²) < 4.78 is 4.62. The van der Waals surface area contributed by atoms with Crippen molar-refractivity contribution in [3.05, 3.63) is 81.4 Å². The zero-order valence-corrected chi connectivity index (χ0v) is 15.9. The Hall–Kier alpha value is -3.30. The maximum atomic E-state index is 12.4. The molecular weight excluding hydrogens is 370 g/mol. The van der Waals surface area contributed by atoms with Crippen LogP contribution in [-0.2, 0) is 13.2 Å². The van der Waals surface area contributed by atoms with Gasteiger partial charge in [0.05, 0.1) is 12.4 Å². The van der Waals surface area contributed by atoms with Crippen LogP contribution < -0.4 is 11.2 Å². The Bertz CT molecular complexity index is 1280. The summed E-state index contributed by atoms with van der Waals surface area (Å²) >= 11 is 0. The molecule has 0 aliphatic carbocycles. The number of fused-ring (bicyclic) bond motifs is 2. The molecule has 0 bridgehead atoms. The molecule has 4 aromatic rings. The van der Waals surface area contributed by atoms with E-state index < -0.39 is 0 Å². The highest BCUT2D eigenvalue weighted by molar-refractivity contribution is 5.38. The second-order valence-corrected chi connectivity index (χ2v) is 7.26. The number of hydrogen-bond acceptors (Lipinski definition) is 6. The molecular formula is C20H21N7O2. The number of rotatable bonds is 4. The summed E-state index contributed by atoms with van der Waals surface area (Å²) in [4.78, 5) is 33.8. The van der Waals surface area contributed by atoms with Crippen LogP contribution >= 0.6 is 0 Å². The SMILES string of the molecule is O=c1cc(CN2CCN(Cn3nc4ccccn4c3=O)CC2)nc2ccccn12. The van der Waals surface area contributed by atoms with Crippen LogP contribution in [0.25, 0.3) is 11.3 Å². The Morgan fingerprint density at radius 2 is 1.52 bits per heavy atom. The van der Waals surface area contributed by atoms with Gasteiger partial charge in [-0.15, -0.1) is 5.10 Å². The minimum atomic E-state index is -0.121. The van der Waals surface area contributed by atoms with Crippen LogP contribution in [0, 0.1) is 0 Å². The molecule has 9 nitrogen and oxygen atoms in total. The summed E-state index contributed by atoms with van der Waals surface area (Å²) in [6, 6.07) is 12.7. The zero-order valence-electron chi connectivity index (χ0n) is 15.9. The van der Waals surface area contributed by atoms with E-state index in [9.17, 15) is 9.59 Å². The molecule has 148 valence electrons. The standard InChI is InChI=1S/C20H21N7O2/c28-19-13-16(21-17-5-1-3-7-25(17)19)14-23-9-11-24(12-10-23)15-27-20(29)26-8-4-2-6-18(26)22-27/h1-8,13H,9-12,14-15H2. The van der Waals surface area contributed by atoms with E-state index in [0.29, 0.717) is 24.5 Å². The topological polar surface area (TPSA) is 80.2 Å². The van der Waals surface area contributed by atoms with Crippen LogP contribution in [0.15, 0.2) is 64.4 Å². The first-order valence-corrected chi connectivity index (χ1v) is 9.64. The number of pyridine rings is 2. The maximum Gasteiger partial charge on any atom is 0.351 e. The van der Waals surface area contributed by atoms with Crippen LogP contribution in [0.3, 0.4) is 0 Å². The van der Waals surface area contributed by atoms with E-state index in [4.69, 9.17) is 0 Å². The third-order valence-electron chi connectivity index (χ3n) is 5.30. The summed E-state index contributed by atoms with van der Waals surface area (Å²) in [5, 5.41) is 4.40. The minimum absolute atomic E-state index is 0.0598. The van der Waals surface area contributed by atoms with Gasteiger partial charge in [-0.1, -0.05) is 12.1 Å². The fourth-order valence-electron chi connectivity index (χ4n) is 3.75. The van der Waals surface area contributed by atoms with Gasteiger partial charge in [0.15, 0.2) is 5.65 Å². The molecule has 29 heavy (non-hydrogen) atoms. The molecule has 0 amide bonds. The first kappa shape index (κ1) is 17.8. The molecule has 1 aliphatic heterocycles. The van der Waals surface area contributed by atoms with Crippen LogP contribution in [0.5, 0.6) is 0 Å². The van der Waals surface area contributed by atoms with Crippen molar-refractivity contribution >= 4 is 11.3 Å². The highest BCUT2D eigenvalue weighted by Gasteiger charge is 2.19. The monoisotopic (exact) mass is 391 g/mol. The van der Waals surface area contributed by atoms with Crippen LogP contribution in [0.4, 0.5) is 0 Å². The van der Waals surface area contributed by atoms with E-state index >= 15 is 0 Å². The third kappa shape index (κ3) is 3.45. The van der Waals surface area contributed by atoms with E-state index in [1.54, 1.807) is 27.3 Å². The first-order valence-electron chi connectivity index (χ1n) is 9.64.